The van der Waals surface area contributed by atoms with Gasteiger partial charge in [0, 0.05) is 5.69 Å². The van der Waals surface area contributed by atoms with Crippen molar-refractivity contribution in [3.63, 3.8) is 0 Å². The quantitative estimate of drug-likeness (QED) is 0.863. The molecule has 0 aliphatic carbocycles. The summed E-state index contributed by atoms with van der Waals surface area (Å²) in [6.45, 7) is 5.90. The SMILES string of the molecule is C=C(C)CC1N(c2ccccc2)C(=O)[C@@H]2C(C(=O)O)[C@H]3C=C[C@@]12O3. The van der Waals surface area contributed by atoms with Gasteiger partial charge < -0.3 is 14.7 Å². The molecule has 5 nitrogen and oxygen atoms in total. The number of nitrogens with zero attached hydrogens (tertiary/aromatic N) is 1. The fourth-order valence-electron chi connectivity index (χ4n) is 4.41. The highest BCUT2D eigenvalue weighted by molar-refractivity contribution is 6.03. The average Bonchev–Trinajstić information content (AvgIpc) is 3.17. The fraction of sp³-hybridized carbons (Fsp3) is 0.368. The summed E-state index contributed by atoms with van der Waals surface area (Å²) < 4.78 is 6.10. The molecule has 1 aromatic carbocycles. The number of hydrogen-bond acceptors (Lipinski definition) is 3. The van der Waals surface area contributed by atoms with E-state index < -0.39 is 29.5 Å². The van der Waals surface area contributed by atoms with E-state index in [1.54, 1.807) is 11.0 Å². The van der Waals surface area contributed by atoms with Crippen molar-refractivity contribution in [3.05, 3.63) is 54.6 Å². The maximum atomic E-state index is 13.2. The van der Waals surface area contributed by atoms with Gasteiger partial charge in [-0.25, -0.2) is 0 Å². The van der Waals surface area contributed by atoms with Crippen LogP contribution >= 0.6 is 0 Å². The average molecular weight is 325 g/mol. The summed E-state index contributed by atoms with van der Waals surface area (Å²) >= 11 is 0. The molecule has 4 rings (SSSR count). The lowest BCUT2D eigenvalue weighted by molar-refractivity contribution is -0.146. The molecular weight excluding hydrogens is 306 g/mol. The molecule has 0 aromatic heterocycles. The lowest BCUT2D eigenvalue weighted by Crippen LogP contribution is -2.45. The molecule has 1 spiro atoms. The molecule has 0 saturated carbocycles. The van der Waals surface area contributed by atoms with E-state index in [0.717, 1.165) is 11.3 Å². The highest BCUT2D eigenvalue weighted by Crippen LogP contribution is 2.56. The Morgan fingerprint density at radius 1 is 1.38 bits per heavy atom. The van der Waals surface area contributed by atoms with Gasteiger partial charge >= 0.3 is 5.97 Å². The van der Waals surface area contributed by atoms with Gasteiger partial charge in [0.25, 0.3) is 0 Å². The number of carbonyl (C=O) groups is 2. The zero-order chi connectivity index (χ0) is 17.1. The van der Waals surface area contributed by atoms with Gasteiger partial charge in [0.05, 0.1) is 18.1 Å². The lowest BCUT2D eigenvalue weighted by atomic mass is 9.74. The third-order valence-electron chi connectivity index (χ3n) is 5.28. The van der Waals surface area contributed by atoms with E-state index in [4.69, 9.17) is 4.74 Å². The minimum Gasteiger partial charge on any atom is -0.481 e. The molecule has 3 heterocycles. The Morgan fingerprint density at radius 2 is 2.08 bits per heavy atom. The molecule has 1 aromatic rings. The number of para-hydroxylation sites is 1. The molecule has 1 amide bonds. The van der Waals surface area contributed by atoms with Crippen LogP contribution in [0.15, 0.2) is 54.6 Å². The molecule has 0 radical (unpaired) electrons. The summed E-state index contributed by atoms with van der Waals surface area (Å²) in [4.78, 5) is 26.7. The third-order valence-corrected chi connectivity index (χ3v) is 5.28. The van der Waals surface area contributed by atoms with Crippen LogP contribution in [0.3, 0.4) is 0 Å². The number of amides is 1. The maximum absolute atomic E-state index is 13.2. The number of ether oxygens (including phenoxy) is 1. The highest BCUT2D eigenvalue weighted by Gasteiger charge is 2.71. The van der Waals surface area contributed by atoms with Gasteiger partial charge in [0.2, 0.25) is 5.91 Å². The third kappa shape index (κ3) is 1.85. The van der Waals surface area contributed by atoms with Crippen molar-refractivity contribution in [2.24, 2.45) is 11.8 Å². The van der Waals surface area contributed by atoms with Gasteiger partial charge in [-0.15, -0.1) is 6.58 Å². The minimum atomic E-state index is -0.978. The number of aliphatic carboxylic acids is 1. The zero-order valence-corrected chi connectivity index (χ0v) is 13.4. The normalized spacial score (nSPS) is 36.2. The van der Waals surface area contributed by atoms with Crippen molar-refractivity contribution in [1.82, 2.24) is 0 Å². The van der Waals surface area contributed by atoms with E-state index in [1.165, 1.54) is 0 Å². The van der Waals surface area contributed by atoms with Crippen molar-refractivity contribution in [2.45, 2.75) is 31.1 Å². The largest absolute Gasteiger partial charge is 0.481 e. The number of hydrogen-bond donors (Lipinski definition) is 1. The first-order valence-corrected chi connectivity index (χ1v) is 8.08. The predicted octanol–water partition coefficient (Wildman–Crippen LogP) is 2.39. The summed E-state index contributed by atoms with van der Waals surface area (Å²) in [7, 11) is 0. The molecular formula is C19H19NO4. The van der Waals surface area contributed by atoms with Gasteiger partial charge in [-0.3, -0.25) is 9.59 Å². The first-order chi connectivity index (χ1) is 11.5. The van der Waals surface area contributed by atoms with Crippen LogP contribution < -0.4 is 4.90 Å². The first kappa shape index (κ1) is 15.1. The topological polar surface area (TPSA) is 66.8 Å². The summed E-state index contributed by atoms with van der Waals surface area (Å²) in [5, 5.41) is 9.62. The number of fused-ring (bicyclic) bond motifs is 1. The number of benzene rings is 1. The van der Waals surface area contributed by atoms with E-state index in [1.807, 2.05) is 43.3 Å². The molecule has 2 bridgehead atoms. The molecule has 2 saturated heterocycles. The van der Waals surface area contributed by atoms with Crippen molar-refractivity contribution in [1.29, 1.82) is 0 Å². The van der Waals surface area contributed by atoms with Crippen LogP contribution in [0.5, 0.6) is 0 Å². The number of rotatable bonds is 4. The number of carboxylic acids is 1. The van der Waals surface area contributed by atoms with E-state index in [9.17, 15) is 14.7 Å². The summed E-state index contributed by atoms with van der Waals surface area (Å²) in [6, 6.07) is 9.09. The highest BCUT2D eigenvalue weighted by atomic mass is 16.5. The van der Waals surface area contributed by atoms with E-state index >= 15 is 0 Å². The predicted molar refractivity (Wildman–Crippen MR) is 88.5 cm³/mol. The zero-order valence-electron chi connectivity index (χ0n) is 13.4. The van der Waals surface area contributed by atoms with Crippen molar-refractivity contribution < 1.29 is 19.4 Å². The second kappa shape index (κ2) is 5.05. The Labute approximate surface area is 140 Å². The van der Waals surface area contributed by atoms with Gasteiger partial charge in [0.1, 0.15) is 11.5 Å². The van der Waals surface area contributed by atoms with Crippen LogP contribution in [-0.2, 0) is 14.3 Å². The summed E-state index contributed by atoms with van der Waals surface area (Å²) in [6.07, 6.45) is 3.74. The lowest BCUT2D eigenvalue weighted by Gasteiger charge is -2.33. The molecule has 3 aliphatic heterocycles. The van der Waals surface area contributed by atoms with Gasteiger partial charge in [-0.05, 0) is 25.5 Å². The number of anilines is 1. The van der Waals surface area contributed by atoms with Crippen LogP contribution in [0.2, 0.25) is 0 Å². The molecule has 1 N–H and O–H groups in total. The molecule has 5 atom stereocenters. The Hall–Kier alpha value is -2.40. The van der Waals surface area contributed by atoms with Crippen LogP contribution in [-0.4, -0.2) is 34.7 Å². The second-order valence-electron chi connectivity index (χ2n) is 6.86. The van der Waals surface area contributed by atoms with Gasteiger partial charge in [-0.2, -0.15) is 0 Å². The summed E-state index contributed by atoms with van der Waals surface area (Å²) in [5.74, 6) is -2.67. The molecule has 3 aliphatic rings. The van der Waals surface area contributed by atoms with Gasteiger partial charge in [-0.1, -0.05) is 35.9 Å². The second-order valence-corrected chi connectivity index (χ2v) is 6.86. The van der Waals surface area contributed by atoms with Crippen LogP contribution in [0.1, 0.15) is 13.3 Å². The Morgan fingerprint density at radius 3 is 2.71 bits per heavy atom. The minimum absolute atomic E-state index is 0.174. The van der Waals surface area contributed by atoms with Crippen molar-refractivity contribution >= 4 is 17.6 Å². The van der Waals surface area contributed by atoms with E-state index in [2.05, 4.69) is 6.58 Å². The van der Waals surface area contributed by atoms with E-state index in [-0.39, 0.29) is 11.9 Å². The summed E-state index contributed by atoms with van der Waals surface area (Å²) in [5.41, 5.74) is 0.824. The first-order valence-electron chi connectivity index (χ1n) is 8.08. The number of carbonyl (C=O) groups excluding carboxylic acids is 1. The molecule has 24 heavy (non-hydrogen) atoms. The Balaban J connectivity index is 1.85. The van der Waals surface area contributed by atoms with Crippen molar-refractivity contribution in [2.75, 3.05) is 4.90 Å². The van der Waals surface area contributed by atoms with Crippen LogP contribution in [0, 0.1) is 11.8 Å². The standard InChI is InChI=1S/C19H19NO4/c1-11(2)10-14-19-9-8-13(24-19)15(18(22)23)16(19)17(21)20(14)12-6-4-3-5-7-12/h3-9,13-16H,1,10H2,2H3,(H,22,23)/t13-,14?,15?,16+,19-/m1/s1. The Bertz CT molecular complexity index is 756. The van der Waals surface area contributed by atoms with Gasteiger partial charge in [0.15, 0.2) is 0 Å². The monoisotopic (exact) mass is 325 g/mol. The molecule has 2 fully saturated rings. The molecule has 2 unspecified atom stereocenters. The maximum Gasteiger partial charge on any atom is 0.310 e. The van der Waals surface area contributed by atoms with Crippen LogP contribution in [0.25, 0.3) is 0 Å². The fourth-order valence-corrected chi connectivity index (χ4v) is 4.41. The Kier molecular flexibility index (Phi) is 3.18. The number of carboxylic acid groups (broad SMARTS) is 1. The smallest absolute Gasteiger partial charge is 0.310 e. The molecule has 124 valence electrons. The van der Waals surface area contributed by atoms with Crippen molar-refractivity contribution in [3.8, 4) is 0 Å². The van der Waals surface area contributed by atoms with Crippen LogP contribution in [0.4, 0.5) is 5.69 Å². The molecule has 5 heteroatoms. The van der Waals surface area contributed by atoms with E-state index in [0.29, 0.717) is 6.42 Å².